The molecule has 102 valence electrons. The Balaban J connectivity index is 1.99. The Hall–Kier alpha value is -1.81. The highest BCUT2D eigenvalue weighted by molar-refractivity contribution is 5.17. The molecule has 0 spiro atoms. The molecule has 4 nitrogen and oxygen atoms in total. The zero-order valence-corrected chi connectivity index (χ0v) is 11.8. The van der Waals surface area contributed by atoms with Crippen molar-refractivity contribution < 1.29 is 4.74 Å². The van der Waals surface area contributed by atoms with Crippen LogP contribution in [-0.4, -0.2) is 22.7 Å². The van der Waals surface area contributed by atoms with E-state index in [9.17, 15) is 0 Å². The van der Waals surface area contributed by atoms with E-state index < -0.39 is 0 Å². The van der Waals surface area contributed by atoms with Gasteiger partial charge in [0.2, 0.25) is 5.88 Å². The number of pyridine rings is 1. The van der Waals surface area contributed by atoms with Gasteiger partial charge in [0.15, 0.2) is 0 Å². The van der Waals surface area contributed by atoms with Crippen molar-refractivity contribution in [2.45, 2.75) is 33.0 Å². The van der Waals surface area contributed by atoms with Gasteiger partial charge in [-0.25, -0.2) is 4.98 Å². The maximum Gasteiger partial charge on any atom is 0.213 e. The number of nitrogens with one attached hydrogen (secondary N) is 1. The molecule has 4 heteroatoms. The van der Waals surface area contributed by atoms with Crippen LogP contribution in [0, 0.1) is 0 Å². The lowest BCUT2D eigenvalue weighted by Crippen LogP contribution is -2.21. The van der Waals surface area contributed by atoms with Gasteiger partial charge in [0.25, 0.3) is 0 Å². The highest BCUT2D eigenvalue weighted by atomic mass is 16.5. The molecule has 0 amide bonds. The van der Waals surface area contributed by atoms with Crippen LogP contribution in [0.15, 0.2) is 36.7 Å². The molecule has 0 aromatic carbocycles. The van der Waals surface area contributed by atoms with Crippen LogP contribution < -0.4 is 10.1 Å². The van der Waals surface area contributed by atoms with Crippen molar-refractivity contribution in [2.75, 3.05) is 7.11 Å². The topological polar surface area (TPSA) is 39.1 Å². The van der Waals surface area contributed by atoms with Crippen molar-refractivity contribution in [1.82, 2.24) is 14.9 Å². The number of hydrogen-bond acceptors (Lipinski definition) is 3. The van der Waals surface area contributed by atoms with E-state index >= 15 is 0 Å². The average Bonchev–Trinajstić information content (AvgIpc) is 2.84. The maximum absolute atomic E-state index is 5.13. The number of methoxy groups -OCH3 is 1. The Morgan fingerprint density at radius 1 is 1.32 bits per heavy atom. The molecule has 19 heavy (non-hydrogen) atoms. The van der Waals surface area contributed by atoms with Crippen LogP contribution in [0.25, 0.3) is 0 Å². The second-order valence-corrected chi connectivity index (χ2v) is 4.90. The Bertz CT molecular complexity index is 520. The molecule has 2 aromatic rings. The summed E-state index contributed by atoms with van der Waals surface area (Å²) < 4.78 is 7.27. The SMILES string of the molecule is COc1cccc(Cn2ccc(CNC(C)C)c2)n1. The van der Waals surface area contributed by atoms with E-state index in [1.165, 1.54) is 5.56 Å². The van der Waals surface area contributed by atoms with Gasteiger partial charge in [-0.05, 0) is 17.7 Å². The molecule has 0 fully saturated rings. The third-order valence-electron chi connectivity index (χ3n) is 2.86. The van der Waals surface area contributed by atoms with Crippen molar-refractivity contribution in [2.24, 2.45) is 0 Å². The summed E-state index contributed by atoms with van der Waals surface area (Å²) in [5.74, 6) is 0.659. The van der Waals surface area contributed by atoms with Gasteiger partial charge in [0, 0.05) is 31.0 Å². The van der Waals surface area contributed by atoms with Gasteiger partial charge in [0.1, 0.15) is 0 Å². The van der Waals surface area contributed by atoms with E-state index in [1.807, 2.05) is 18.2 Å². The normalized spacial score (nSPS) is 10.9. The minimum Gasteiger partial charge on any atom is -0.481 e. The average molecular weight is 259 g/mol. The summed E-state index contributed by atoms with van der Waals surface area (Å²) in [6.07, 6.45) is 4.23. The quantitative estimate of drug-likeness (QED) is 0.866. The van der Waals surface area contributed by atoms with E-state index in [4.69, 9.17) is 4.74 Å². The molecule has 0 aliphatic rings. The lowest BCUT2D eigenvalue weighted by molar-refractivity contribution is 0.396. The summed E-state index contributed by atoms with van der Waals surface area (Å²) >= 11 is 0. The van der Waals surface area contributed by atoms with Crippen LogP contribution in [0.5, 0.6) is 5.88 Å². The van der Waals surface area contributed by atoms with E-state index in [0.717, 1.165) is 18.8 Å². The summed E-state index contributed by atoms with van der Waals surface area (Å²) in [7, 11) is 1.64. The van der Waals surface area contributed by atoms with Gasteiger partial charge in [-0.2, -0.15) is 0 Å². The largest absolute Gasteiger partial charge is 0.481 e. The van der Waals surface area contributed by atoms with E-state index in [0.29, 0.717) is 11.9 Å². The molecule has 0 aliphatic carbocycles. The van der Waals surface area contributed by atoms with E-state index in [2.05, 4.69) is 47.2 Å². The second-order valence-electron chi connectivity index (χ2n) is 4.90. The minimum absolute atomic E-state index is 0.503. The summed E-state index contributed by atoms with van der Waals surface area (Å²) in [4.78, 5) is 4.41. The first-order valence-electron chi connectivity index (χ1n) is 6.55. The molecule has 2 rings (SSSR count). The lowest BCUT2D eigenvalue weighted by atomic mass is 10.3. The monoisotopic (exact) mass is 259 g/mol. The fraction of sp³-hybridized carbons (Fsp3) is 0.400. The first kappa shape index (κ1) is 13.6. The smallest absolute Gasteiger partial charge is 0.213 e. The van der Waals surface area contributed by atoms with Gasteiger partial charge in [-0.15, -0.1) is 0 Å². The Labute approximate surface area is 114 Å². The third-order valence-corrected chi connectivity index (χ3v) is 2.86. The first-order chi connectivity index (χ1) is 9.17. The molecule has 0 atom stereocenters. The molecule has 0 bridgehead atoms. The summed E-state index contributed by atoms with van der Waals surface area (Å²) in [6.45, 7) is 5.96. The van der Waals surface area contributed by atoms with E-state index in [-0.39, 0.29) is 0 Å². The minimum atomic E-state index is 0.503. The molecule has 2 aromatic heterocycles. The van der Waals surface area contributed by atoms with Crippen molar-refractivity contribution in [3.05, 3.63) is 47.9 Å². The standard InChI is InChI=1S/C15H21N3O/c1-12(2)16-9-13-7-8-18(10-13)11-14-5-4-6-15(17-14)19-3/h4-8,10,12,16H,9,11H2,1-3H3. The number of ether oxygens (including phenoxy) is 1. The Morgan fingerprint density at radius 3 is 2.89 bits per heavy atom. The van der Waals surface area contributed by atoms with Crippen LogP contribution in [0.3, 0.4) is 0 Å². The van der Waals surface area contributed by atoms with Gasteiger partial charge >= 0.3 is 0 Å². The third kappa shape index (κ3) is 4.10. The fourth-order valence-corrected chi connectivity index (χ4v) is 1.86. The van der Waals surface area contributed by atoms with Crippen LogP contribution in [-0.2, 0) is 13.1 Å². The molecule has 0 saturated carbocycles. The number of nitrogens with zero attached hydrogens (tertiary/aromatic N) is 2. The van der Waals surface area contributed by atoms with Crippen molar-refractivity contribution in [3.63, 3.8) is 0 Å². The Morgan fingerprint density at radius 2 is 2.16 bits per heavy atom. The number of rotatable bonds is 6. The van der Waals surface area contributed by atoms with Gasteiger partial charge < -0.3 is 14.6 Å². The molecule has 0 radical (unpaired) electrons. The van der Waals surface area contributed by atoms with Crippen LogP contribution in [0.1, 0.15) is 25.1 Å². The second kappa shape index (κ2) is 6.38. The van der Waals surface area contributed by atoms with Crippen LogP contribution in [0.2, 0.25) is 0 Å². The van der Waals surface area contributed by atoms with Crippen LogP contribution in [0.4, 0.5) is 0 Å². The molecular formula is C15H21N3O. The lowest BCUT2D eigenvalue weighted by Gasteiger charge is -2.06. The molecular weight excluding hydrogens is 238 g/mol. The molecule has 1 N–H and O–H groups in total. The van der Waals surface area contributed by atoms with E-state index in [1.54, 1.807) is 7.11 Å². The first-order valence-corrected chi connectivity index (χ1v) is 6.55. The zero-order chi connectivity index (χ0) is 13.7. The predicted octanol–water partition coefficient (Wildman–Crippen LogP) is 2.44. The van der Waals surface area contributed by atoms with Crippen LogP contribution >= 0.6 is 0 Å². The Kier molecular flexibility index (Phi) is 4.58. The summed E-state index contributed by atoms with van der Waals surface area (Å²) in [5.41, 5.74) is 2.29. The maximum atomic E-state index is 5.13. The highest BCUT2D eigenvalue weighted by Gasteiger charge is 2.01. The van der Waals surface area contributed by atoms with Gasteiger partial charge in [0.05, 0.1) is 19.3 Å². The van der Waals surface area contributed by atoms with Gasteiger partial charge in [-0.3, -0.25) is 0 Å². The predicted molar refractivity (Wildman–Crippen MR) is 76.3 cm³/mol. The summed E-state index contributed by atoms with van der Waals surface area (Å²) in [5, 5.41) is 3.41. The van der Waals surface area contributed by atoms with Gasteiger partial charge in [-0.1, -0.05) is 19.9 Å². The molecule has 0 unspecified atom stereocenters. The number of aromatic nitrogens is 2. The van der Waals surface area contributed by atoms with Crippen molar-refractivity contribution in [1.29, 1.82) is 0 Å². The molecule has 0 saturated heterocycles. The van der Waals surface area contributed by atoms with Crippen molar-refractivity contribution in [3.8, 4) is 5.88 Å². The molecule has 2 heterocycles. The highest BCUT2D eigenvalue weighted by Crippen LogP contribution is 2.09. The zero-order valence-electron chi connectivity index (χ0n) is 11.8. The summed E-state index contributed by atoms with van der Waals surface area (Å²) in [6, 6.07) is 8.47. The number of hydrogen-bond donors (Lipinski definition) is 1. The fourth-order valence-electron chi connectivity index (χ4n) is 1.86. The molecule has 0 aliphatic heterocycles. The van der Waals surface area contributed by atoms with Crippen molar-refractivity contribution >= 4 is 0 Å².